The van der Waals surface area contributed by atoms with E-state index in [1.807, 2.05) is 43.3 Å². The lowest BCUT2D eigenvalue weighted by Gasteiger charge is -2.12. The van der Waals surface area contributed by atoms with E-state index in [0.717, 1.165) is 11.3 Å². The van der Waals surface area contributed by atoms with Crippen molar-refractivity contribution < 1.29 is 19.1 Å². The van der Waals surface area contributed by atoms with Crippen molar-refractivity contribution in [2.45, 2.75) is 6.42 Å². The Kier molecular flexibility index (Phi) is 5.77. The molecule has 0 heterocycles. The first kappa shape index (κ1) is 15.8. The van der Waals surface area contributed by atoms with Gasteiger partial charge in [-0.2, -0.15) is 0 Å². The summed E-state index contributed by atoms with van der Waals surface area (Å²) in [7, 11) is 6.45. The zero-order valence-corrected chi connectivity index (χ0v) is 12.2. The summed E-state index contributed by atoms with van der Waals surface area (Å²) in [6, 6.07) is 7.60. The third-order valence-electron chi connectivity index (χ3n) is 2.76. The first-order valence-corrected chi connectivity index (χ1v) is 6.11. The van der Waals surface area contributed by atoms with Gasteiger partial charge in [0.1, 0.15) is 0 Å². The molecule has 0 unspecified atom stereocenters. The van der Waals surface area contributed by atoms with Gasteiger partial charge >= 0.3 is 11.9 Å². The first-order valence-electron chi connectivity index (χ1n) is 6.11. The highest BCUT2D eigenvalue weighted by atomic mass is 16.5. The summed E-state index contributed by atoms with van der Waals surface area (Å²) in [6.45, 7) is 0. The number of carbonyl (C=O) groups excluding carboxylic acids is 2. The quantitative estimate of drug-likeness (QED) is 0.607. The first-order chi connectivity index (χ1) is 9.47. The Hall–Kier alpha value is -2.30. The average Bonchev–Trinajstić information content (AvgIpc) is 2.46. The summed E-state index contributed by atoms with van der Waals surface area (Å²) >= 11 is 0. The Balaban J connectivity index is 2.99. The predicted octanol–water partition coefficient (Wildman–Crippen LogP) is 1.87. The molecule has 0 spiro atoms. The SMILES string of the molecule is COC(=O)C/C(=C/c1ccc(N(C)C)cc1)C(=O)OC. The minimum atomic E-state index is -0.535. The van der Waals surface area contributed by atoms with Crippen LogP contribution in [0.2, 0.25) is 0 Å². The van der Waals surface area contributed by atoms with Gasteiger partial charge in [-0.1, -0.05) is 12.1 Å². The second-order valence-corrected chi connectivity index (χ2v) is 4.40. The number of anilines is 1. The van der Waals surface area contributed by atoms with Crippen molar-refractivity contribution in [3.63, 3.8) is 0 Å². The molecular formula is C15H19NO4. The van der Waals surface area contributed by atoms with Crippen LogP contribution in [0.3, 0.4) is 0 Å². The summed E-state index contributed by atoms with van der Waals surface area (Å²) in [4.78, 5) is 24.9. The van der Waals surface area contributed by atoms with E-state index in [2.05, 4.69) is 9.47 Å². The van der Waals surface area contributed by atoms with E-state index in [9.17, 15) is 9.59 Å². The molecule has 0 aliphatic heterocycles. The minimum absolute atomic E-state index is 0.112. The van der Waals surface area contributed by atoms with Gasteiger partial charge in [-0.3, -0.25) is 4.79 Å². The van der Waals surface area contributed by atoms with E-state index in [-0.39, 0.29) is 12.0 Å². The Bertz CT molecular complexity index is 503. The van der Waals surface area contributed by atoms with Crippen molar-refractivity contribution in [2.75, 3.05) is 33.2 Å². The van der Waals surface area contributed by atoms with Gasteiger partial charge < -0.3 is 14.4 Å². The topological polar surface area (TPSA) is 55.8 Å². The van der Waals surface area contributed by atoms with Gasteiger partial charge in [-0.25, -0.2) is 4.79 Å². The summed E-state index contributed by atoms with van der Waals surface area (Å²) in [5.74, 6) is -1.02. The molecule has 1 aromatic rings. The molecule has 0 aliphatic rings. The van der Waals surface area contributed by atoms with E-state index in [1.165, 1.54) is 14.2 Å². The molecule has 108 valence electrons. The number of carbonyl (C=O) groups is 2. The van der Waals surface area contributed by atoms with Crippen LogP contribution in [-0.2, 0) is 19.1 Å². The molecule has 5 heteroatoms. The summed E-state index contributed by atoms with van der Waals surface area (Å²) < 4.78 is 9.24. The summed E-state index contributed by atoms with van der Waals surface area (Å²) in [5.41, 5.74) is 2.13. The Morgan fingerprint density at radius 3 is 2.15 bits per heavy atom. The molecule has 0 saturated carbocycles. The van der Waals surface area contributed by atoms with E-state index >= 15 is 0 Å². The number of ether oxygens (including phenoxy) is 2. The van der Waals surface area contributed by atoms with Gasteiger partial charge in [0.05, 0.1) is 20.6 Å². The standard InChI is InChI=1S/C15H19NO4/c1-16(2)13-7-5-11(6-8-13)9-12(15(18)20-4)10-14(17)19-3/h5-9H,10H2,1-4H3/b12-9-. The monoisotopic (exact) mass is 277 g/mol. The molecule has 0 bridgehead atoms. The smallest absolute Gasteiger partial charge is 0.334 e. The van der Waals surface area contributed by atoms with Crippen LogP contribution in [0.5, 0.6) is 0 Å². The highest BCUT2D eigenvalue weighted by Crippen LogP contribution is 2.16. The van der Waals surface area contributed by atoms with Crippen LogP contribution in [0.1, 0.15) is 12.0 Å². The fourth-order valence-corrected chi connectivity index (χ4v) is 1.61. The molecule has 0 radical (unpaired) electrons. The zero-order valence-electron chi connectivity index (χ0n) is 12.2. The molecule has 0 amide bonds. The third-order valence-corrected chi connectivity index (χ3v) is 2.76. The molecule has 1 aromatic carbocycles. The second kappa shape index (κ2) is 7.33. The Labute approximate surface area is 118 Å². The zero-order chi connectivity index (χ0) is 15.1. The van der Waals surface area contributed by atoms with Gasteiger partial charge in [0.2, 0.25) is 0 Å². The van der Waals surface area contributed by atoms with Gasteiger partial charge in [-0.15, -0.1) is 0 Å². The van der Waals surface area contributed by atoms with E-state index in [1.54, 1.807) is 6.08 Å². The van der Waals surface area contributed by atoms with Gasteiger partial charge in [0.15, 0.2) is 0 Å². The number of hydrogen-bond donors (Lipinski definition) is 0. The third kappa shape index (κ3) is 4.42. The number of hydrogen-bond acceptors (Lipinski definition) is 5. The van der Waals surface area contributed by atoms with Gasteiger partial charge in [0.25, 0.3) is 0 Å². The fourth-order valence-electron chi connectivity index (χ4n) is 1.61. The number of benzene rings is 1. The lowest BCUT2D eigenvalue weighted by Crippen LogP contribution is -2.11. The van der Waals surface area contributed by atoms with E-state index in [0.29, 0.717) is 0 Å². The molecule has 0 aromatic heterocycles. The number of nitrogens with zero attached hydrogens (tertiary/aromatic N) is 1. The van der Waals surface area contributed by atoms with Crippen LogP contribution in [0.4, 0.5) is 5.69 Å². The molecule has 0 N–H and O–H groups in total. The van der Waals surface area contributed by atoms with Crippen LogP contribution in [0.15, 0.2) is 29.8 Å². The fraction of sp³-hybridized carbons (Fsp3) is 0.333. The van der Waals surface area contributed by atoms with Gasteiger partial charge in [-0.05, 0) is 23.8 Å². The van der Waals surface area contributed by atoms with Crippen LogP contribution in [0.25, 0.3) is 6.08 Å². The van der Waals surface area contributed by atoms with Crippen molar-refractivity contribution in [2.24, 2.45) is 0 Å². The molecule has 0 atom stereocenters. The molecule has 0 fully saturated rings. The van der Waals surface area contributed by atoms with Crippen molar-refractivity contribution in [1.82, 2.24) is 0 Å². The molecule has 20 heavy (non-hydrogen) atoms. The maximum absolute atomic E-state index is 11.6. The normalized spacial score (nSPS) is 10.9. The van der Waals surface area contributed by atoms with E-state index in [4.69, 9.17) is 0 Å². The van der Waals surface area contributed by atoms with Crippen LogP contribution in [-0.4, -0.2) is 40.3 Å². The van der Waals surface area contributed by atoms with E-state index < -0.39 is 11.9 Å². The molecule has 1 rings (SSSR count). The molecular weight excluding hydrogens is 258 g/mol. The molecule has 0 saturated heterocycles. The maximum Gasteiger partial charge on any atom is 0.334 e. The highest BCUT2D eigenvalue weighted by molar-refractivity contribution is 5.98. The van der Waals surface area contributed by atoms with Crippen molar-refractivity contribution in [3.05, 3.63) is 35.4 Å². The number of rotatable bonds is 5. The van der Waals surface area contributed by atoms with Crippen LogP contribution in [0, 0.1) is 0 Å². The van der Waals surface area contributed by atoms with Crippen molar-refractivity contribution >= 4 is 23.7 Å². The lowest BCUT2D eigenvalue weighted by molar-refractivity contribution is -0.143. The second-order valence-electron chi connectivity index (χ2n) is 4.40. The average molecular weight is 277 g/mol. The van der Waals surface area contributed by atoms with Crippen molar-refractivity contribution in [3.8, 4) is 0 Å². The molecule has 5 nitrogen and oxygen atoms in total. The summed E-state index contributed by atoms with van der Waals surface area (Å²) in [6.07, 6.45) is 1.51. The minimum Gasteiger partial charge on any atom is -0.469 e. The lowest BCUT2D eigenvalue weighted by atomic mass is 10.1. The maximum atomic E-state index is 11.6. The number of methoxy groups -OCH3 is 2. The number of esters is 2. The molecule has 0 aliphatic carbocycles. The largest absolute Gasteiger partial charge is 0.469 e. The Morgan fingerprint density at radius 1 is 1.10 bits per heavy atom. The summed E-state index contributed by atoms with van der Waals surface area (Å²) in [5, 5.41) is 0. The highest BCUT2D eigenvalue weighted by Gasteiger charge is 2.14. The Morgan fingerprint density at radius 2 is 1.70 bits per heavy atom. The van der Waals surface area contributed by atoms with Crippen LogP contribution >= 0.6 is 0 Å². The van der Waals surface area contributed by atoms with Crippen molar-refractivity contribution in [1.29, 1.82) is 0 Å². The van der Waals surface area contributed by atoms with Gasteiger partial charge in [0, 0.05) is 25.4 Å². The predicted molar refractivity (Wildman–Crippen MR) is 77.4 cm³/mol. The van der Waals surface area contributed by atoms with Crippen LogP contribution < -0.4 is 4.90 Å².